The number of anilines is 2. The number of fused-ring (bicyclic) bond motifs is 1. The van der Waals surface area contributed by atoms with Crippen LogP contribution in [0, 0.1) is 6.92 Å². The van der Waals surface area contributed by atoms with Crippen molar-refractivity contribution in [3.05, 3.63) is 52.6 Å². The number of piperazine rings is 1. The van der Waals surface area contributed by atoms with E-state index in [4.69, 9.17) is 19.8 Å². The quantitative estimate of drug-likeness (QED) is 0.516. The van der Waals surface area contributed by atoms with E-state index in [0.717, 1.165) is 53.2 Å². The number of rotatable bonds is 7. The number of nitrogens with zero attached hydrogens (tertiary/aromatic N) is 4. The number of aryl methyl sites for hydroxylation is 1. The predicted molar refractivity (Wildman–Crippen MR) is 128 cm³/mol. The Morgan fingerprint density at radius 3 is 2.59 bits per heavy atom. The van der Waals surface area contributed by atoms with Gasteiger partial charge in [-0.2, -0.15) is 0 Å². The van der Waals surface area contributed by atoms with Crippen LogP contribution in [0.4, 0.5) is 11.6 Å². The van der Waals surface area contributed by atoms with E-state index in [-0.39, 0.29) is 19.1 Å². The molecule has 0 radical (unpaired) electrons. The highest BCUT2D eigenvalue weighted by atomic mass is 79.9. The van der Waals surface area contributed by atoms with E-state index in [1.54, 1.807) is 12.1 Å². The number of aliphatic hydroxyl groups excluding tert-OH is 1. The van der Waals surface area contributed by atoms with Crippen LogP contribution in [0.25, 0.3) is 10.9 Å². The lowest BCUT2D eigenvalue weighted by Crippen LogP contribution is -2.47. The molecular formula is C23H26BrN5O3. The van der Waals surface area contributed by atoms with E-state index in [9.17, 15) is 4.79 Å². The van der Waals surface area contributed by atoms with Gasteiger partial charge in [0.25, 0.3) is 5.91 Å². The van der Waals surface area contributed by atoms with E-state index >= 15 is 0 Å². The highest BCUT2D eigenvalue weighted by Crippen LogP contribution is 2.23. The van der Waals surface area contributed by atoms with Gasteiger partial charge in [-0.1, -0.05) is 15.9 Å². The van der Waals surface area contributed by atoms with E-state index in [1.165, 1.54) is 0 Å². The van der Waals surface area contributed by atoms with E-state index in [2.05, 4.69) is 31.0 Å². The highest BCUT2D eigenvalue weighted by Gasteiger charge is 2.19. The van der Waals surface area contributed by atoms with Gasteiger partial charge in [0.1, 0.15) is 5.75 Å². The molecule has 32 heavy (non-hydrogen) atoms. The Labute approximate surface area is 195 Å². The lowest BCUT2D eigenvalue weighted by molar-refractivity contribution is -0.118. The average Bonchev–Trinajstić information content (AvgIpc) is 2.80. The maximum atomic E-state index is 12.3. The van der Waals surface area contributed by atoms with Gasteiger partial charge in [-0.15, -0.1) is 0 Å². The van der Waals surface area contributed by atoms with Crippen LogP contribution in [0.3, 0.4) is 0 Å². The molecule has 1 fully saturated rings. The highest BCUT2D eigenvalue weighted by molar-refractivity contribution is 9.10. The molecular weight excluding hydrogens is 474 g/mol. The van der Waals surface area contributed by atoms with Crippen molar-refractivity contribution in [1.82, 2.24) is 14.9 Å². The molecule has 2 N–H and O–H groups in total. The first-order chi connectivity index (χ1) is 15.5. The molecule has 0 saturated carbocycles. The molecule has 0 spiro atoms. The molecule has 0 bridgehead atoms. The summed E-state index contributed by atoms with van der Waals surface area (Å²) in [6.07, 6.45) is 0. The fraction of sp³-hybridized carbons (Fsp3) is 0.348. The zero-order valence-corrected chi connectivity index (χ0v) is 19.5. The number of carbonyl (C=O) groups is 1. The van der Waals surface area contributed by atoms with Crippen LogP contribution in [0.2, 0.25) is 0 Å². The van der Waals surface area contributed by atoms with Crippen molar-refractivity contribution in [2.45, 2.75) is 6.92 Å². The summed E-state index contributed by atoms with van der Waals surface area (Å²) in [5.74, 6) is 1.12. The molecule has 2 aromatic carbocycles. The third-order valence-electron chi connectivity index (χ3n) is 5.41. The number of nitrogens with one attached hydrogen (secondary N) is 1. The minimum atomic E-state index is -0.233. The second kappa shape index (κ2) is 10.2. The molecule has 0 unspecified atom stereocenters. The first-order valence-corrected chi connectivity index (χ1v) is 11.4. The van der Waals surface area contributed by atoms with Gasteiger partial charge in [-0.05, 0) is 49.4 Å². The smallest absolute Gasteiger partial charge is 0.262 e. The van der Waals surface area contributed by atoms with Gasteiger partial charge in [-0.3, -0.25) is 9.69 Å². The van der Waals surface area contributed by atoms with Crippen molar-refractivity contribution in [3.63, 3.8) is 0 Å². The van der Waals surface area contributed by atoms with Gasteiger partial charge in [0.05, 0.1) is 17.8 Å². The predicted octanol–water partition coefficient (Wildman–Crippen LogP) is 2.83. The van der Waals surface area contributed by atoms with Crippen molar-refractivity contribution in [2.24, 2.45) is 0 Å². The number of hydrogen-bond acceptors (Lipinski definition) is 7. The fourth-order valence-corrected chi connectivity index (χ4v) is 3.94. The number of benzene rings is 2. The van der Waals surface area contributed by atoms with Gasteiger partial charge in [-0.25, -0.2) is 9.97 Å². The van der Waals surface area contributed by atoms with Crippen molar-refractivity contribution in [3.8, 4) is 5.75 Å². The van der Waals surface area contributed by atoms with E-state index in [1.807, 2.05) is 37.3 Å². The second-order valence-corrected chi connectivity index (χ2v) is 8.60. The molecule has 8 nitrogen and oxygen atoms in total. The van der Waals surface area contributed by atoms with Crippen LogP contribution in [0.15, 0.2) is 46.9 Å². The van der Waals surface area contributed by atoms with Gasteiger partial charge in [0.15, 0.2) is 6.61 Å². The molecule has 1 amide bonds. The van der Waals surface area contributed by atoms with Crippen LogP contribution in [0.1, 0.15) is 5.69 Å². The number of aliphatic hydroxyl groups is 1. The molecule has 4 rings (SSSR count). The summed E-state index contributed by atoms with van der Waals surface area (Å²) in [5.41, 5.74) is 2.39. The zero-order chi connectivity index (χ0) is 22.5. The molecule has 2 heterocycles. The molecule has 0 aliphatic carbocycles. The Bertz CT molecular complexity index is 1080. The van der Waals surface area contributed by atoms with Crippen LogP contribution >= 0.6 is 15.9 Å². The normalized spacial score (nSPS) is 14.5. The van der Waals surface area contributed by atoms with E-state index < -0.39 is 0 Å². The summed E-state index contributed by atoms with van der Waals surface area (Å²) >= 11 is 3.37. The molecule has 1 aliphatic heterocycles. The molecule has 9 heteroatoms. The first-order valence-electron chi connectivity index (χ1n) is 10.6. The minimum absolute atomic E-state index is 0.0731. The molecule has 1 aromatic heterocycles. The molecule has 1 saturated heterocycles. The molecule has 1 aliphatic rings. The molecule has 168 valence electrons. The van der Waals surface area contributed by atoms with Crippen LogP contribution in [0.5, 0.6) is 5.75 Å². The standard InChI is InChI=1S/C23H26BrN5O3/c1-16-20-14-18(26-22(31)15-32-19-5-2-17(24)3-6-19)4-7-21(20)27-23(25-16)29-10-8-28(9-11-29)12-13-30/h2-7,14,30H,8-13,15H2,1H3,(H,26,31). The van der Waals surface area contributed by atoms with Crippen molar-refractivity contribution < 1.29 is 14.6 Å². The first kappa shape index (κ1) is 22.4. The number of β-amino-alcohol motifs (C(OH)–C–C–N with tert-alkyl or cyclic N) is 1. The maximum Gasteiger partial charge on any atom is 0.262 e. The topological polar surface area (TPSA) is 90.8 Å². The summed E-state index contributed by atoms with van der Waals surface area (Å²) in [6.45, 7) is 6.19. The minimum Gasteiger partial charge on any atom is -0.484 e. The van der Waals surface area contributed by atoms with Gasteiger partial charge < -0.3 is 20.1 Å². The fourth-order valence-electron chi connectivity index (χ4n) is 3.68. The number of halogens is 1. The summed E-state index contributed by atoms with van der Waals surface area (Å²) < 4.78 is 6.49. The van der Waals surface area contributed by atoms with Crippen molar-refractivity contribution >= 4 is 44.4 Å². The third-order valence-corrected chi connectivity index (χ3v) is 5.94. The Hall–Kier alpha value is -2.75. The average molecular weight is 500 g/mol. The lowest BCUT2D eigenvalue weighted by Gasteiger charge is -2.34. The lowest BCUT2D eigenvalue weighted by atomic mass is 10.1. The Kier molecular flexibility index (Phi) is 7.19. The van der Waals surface area contributed by atoms with Crippen LogP contribution < -0.4 is 15.0 Å². The Balaban J connectivity index is 1.40. The second-order valence-electron chi connectivity index (χ2n) is 7.68. The summed E-state index contributed by atoms with van der Waals surface area (Å²) in [5, 5.41) is 12.9. The van der Waals surface area contributed by atoms with Crippen LogP contribution in [-0.2, 0) is 4.79 Å². The Morgan fingerprint density at radius 2 is 1.88 bits per heavy atom. The maximum absolute atomic E-state index is 12.3. The van der Waals surface area contributed by atoms with Crippen molar-refractivity contribution in [2.75, 3.05) is 56.2 Å². The summed E-state index contributed by atoms with van der Waals surface area (Å²) in [6, 6.07) is 13.0. The summed E-state index contributed by atoms with van der Waals surface area (Å²) in [4.78, 5) is 26.2. The zero-order valence-electron chi connectivity index (χ0n) is 17.9. The third kappa shape index (κ3) is 5.53. The van der Waals surface area contributed by atoms with Gasteiger partial charge >= 0.3 is 0 Å². The van der Waals surface area contributed by atoms with Gasteiger partial charge in [0, 0.05) is 48.3 Å². The monoisotopic (exact) mass is 499 g/mol. The summed E-state index contributed by atoms with van der Waals surface area (Å²) in [7, 11) is 0. The number of hydrogen-bond donors (Lipinski definition) is 2. The SMILES string of the molecule is Cc1nc(N2CCN(CCO)CC2)nc2ccc(NC(=O)COc3ccc(Br)cc3)cc12. The number of ether oxygens (including phenoxy) is 1. The number of aromatic nitrogens is 2. The van der Waals surface area contributed by atoms with Gasteiger partial charge in [0.2, 0.25) is 5.95 Å². The molecule has 0 atom stereocenters. The molecule has 3 aromatic rings. The largest absolute Gasteiger partial charge is 0.484 e. The number of carbonyl (C=O) groups excluding carboxylic acids is 1. The van der Waals surface area contributed by atoms with Crippen molar-refractivity contribution in [1.29, 1.82) is 0 Å². The Morgan fingerprint density at radius 1 is 1.12 bits per heavy atom. The van der Waals surface area contributed by atoms with Crippen LogP contribution in [-0.4, -0.2) is 71.8 Å². The number of amides is 1. The van der Waals surface area contributed by atoms with E-state index in [0.29, 0.717) is 18.0 Å².